The van der Waals surface area contributed by atoms with E-state index in [2.05, 4.69) is 9.97 Å². The largest absolute Gasteiger partial charge is 0.416 e. The second kappa shape index (κ2) is 8.17. The van der Waals surface area contributed by atoms with Crippen LogP contribution in [-0.4, -0.2) is 18.4 Å². The molecule has 0 saturated carbocycles. The van der Waals surface area contributed by atoms with Crippen LogP contribution in [0.5, 0.6) is 0 Å². The topological polar surface area (TPSA) is 98.0 Å². The van der Waals surface area contributed by atoms with E-state index in [0.29, 0.717) is 17.0 Å². The van der Waals surface area contributed by atoms with Crippen LogP contribution in [0.25, 0.3) is 22.0 Å². The van der Waals surface area contributed by atoms with E-state index in [1.807, 2.05) is 0 Å². The molecular formula is C21H12F6N4O2S. The summed E-state index contributed by atoms with van der Waals surface area (Å²) < 4.78 is 109. The third kappa shape index (κ3) is 4.46. The molecule has 3 N–H and O–H groups in total. The molecule has 0 aliphatic carbocycles. The number of nitrogens with one attached hydrogen (secondary N) is 1. The van der Waals surface area contributed by atoms with E-state index >= 15 is 4.39 Å². The Morgan fingerprint density at radius 3 is 2.38 bits per heavy atom. The van der Waals surface area contributed by atoms with Crippen LogP contribution in [0.15, 0.2) is 59.6 Å². The highest BCUT2D eigenvalue weighted by atomic mass is 32.2. The lowest BCUT2D eigenvalue weighted by atomic mass is 10.0. The van der Waals surface area contributed by atoms with Crippen molar-refractivity contribution in [3.8, 4) is 11.1 Å². The van der Waals surface area contributed by atoms with Crippen molar-refractivity contribution in [1.82, 2.24) is 9.97 Å². The minimum absolute atomic E-state index is 0.00188. The van der Waals surface area contributed by atoms with Crippen molar-refractivity contribution in [2.24, 2.45) is 0 Å². The van der Waals surface area contributed by atoms with Gasteiger partial charge in [-0.3, -0.25) is 4.72 Å². The van der Waals surface area contributed by atoms with Crippen molar-refractivity contribution < 1.29 is 34.8 Å². The molecule has 13 heteroatoms. The average Bonchev–Trinajstić information content (AvgIpc) is 2.75. The van der Waals surface area contributed by atoms with Gasteiger partial charge in [-0.15, -0.1) is 0 Å². The summed E-state index contributed by atoms with van der Waals surface area (Å²) in [6.45, 7) is 0. The van der Waals surface area contributed by atoms with Crippen LogP contribution in [0, 0.1) is 17.5 Å². The molecule has 176 valence electrons. The van der Waals surface area contributed by atoms with Crippen molar-refractivity contribution in [2.45, 2.75) is 11.1 Å². The second-order valence-electron chi connectivity index (χ2n) is 7.06. The third-order valence-electron chi connectivity index (χ3n) is 4.73. The van der Waals surface area contributed by atoms with Gasteiger partial charge < -0.3 is 5.73 Å². The number of nitrogens with two attached hydrogens (primary N) is 1. The van der Waals surface area contributed by atoms with Crippen molar-refractivity contribution in [3.05, 3.63) is 77.7 Å². The smallest absolute Gasteiger partial charge is 0.368 e. The molecule has 1 aromatic heterocycles. The summed E-state index contributed by atoms with van der Waals surface area (Å²) in [5, 5.41) is 0.385. The van der Waals surface area contributed by atoms with Crippen LogP contribution >= 0.6 is 0 Å². The zero-order valence-electron chi connectivity index (χ0n) is 16.7. The van der Waals surface area contributed by atoms with Gasteiger partial charge in [0.2, 0.25) is 5.95 Å². The summed E-state index contributed by atoms with van der Waals surface area (Å²) in [5.74, 6) is -3.86. The Bertz CT molecular complexity index is 1540. The van der Waals surface area contributed by atoms with Gasteiger partial charge in [-0.25, -0.2) is 31.6 Å². The van der Waals surface area contributed by atoms with Gasteiger partial charge >= 0.3 is 6.18 Å². The van der Waals surface area contributed by atoms with Gasteiger partial charge in [0.25, 0.3) is 10.0 Å². The van der Waals surface area contributed by atoms with Crippen molar-refractivity contribution in [2.75, 3.05) is 10.5 Å². The lowest BCUT2D eigenvalue weighted by Crippen LogP contribution is -2.16. The molecule has 0 aliphatic rings. The summed E-state index contributed by atoms with van der Waals surface area (Å²) in [5.41, 5.74) is 2.96. The van der Waals surface area contributed by atoms with Gasteiger partial charge in [-0.05, 0) is 48.0 Å². The Labute approximate surface area is 188 Å². The molecule has 0 bridgehead atoms. The van der Waals surface area contributed by atoms with Gasteiger partial charge in [0.1, 0.15) is 11.6 Å². The number of aromatic nitrogens is 2. The van der Waals surface area contributed by atoms with E-state index in [4.69, 9.17) is 5.73 Å². The standard InChI is InChI=1S/C21H12F6N4O2S/c22-13-6-12(21(25,26)27)7-14(8-13)34(32,33)31-17-4-2-15(23)18(19(17)24)10-1-3-16-11(5-10)9-29-20(28)30-16/h1-9,31H,(H2,28,29,30). The first-order valence-electron chi connectivity index (χ1n) is 9.26. The number of rotatable bonds is 4. The van der Waals surface area contributed by atoms with Gasteiger partial charge in [0.15, 0.2) is 5.82 Å². The van der Waals surface area contributed by atoms with E-state index in [1.165, 1.54) is 24.4 Å². The summed E-state index contributed by atoms with van der Waals surface area (Å²) >= 11 is 0. The Balaban J connectivity index is 1.77. The molecule has 0 radical (unpaired) electrons. The number of sulfonamides is 1. The van der Waals surface area contributed by atoms with Crippen LogP contribution in [0.1, 0.15) is 5.56 Å². The highest BCUT2D eigenvalue weighted by Crippen LogP contribution is 2.35. The Morgan fingerprint density at radius 2 is 1.68 bits per heavy atom. The first kappa shape index (κ1) is 23.3. The van der Waals surface area contributed by atoms with Crippen LogP contribution < -0.4 is 10.5 Å². The van der Waals surface area contributed by atoms with Gasteiger partial charge in [0.05, 0.1) is 27.2 Å². The summed E-state index contributed by atoms with van der Waals surface area (Å²) in [6, 6.07) is 6.26. The molecule has 3 aromatic carbocycles. The van der Waals surface area contributed by atoms with E-state index in [-0.39, 0.29) is 23.6 Å². The van der Waals surface area contributed by atoms with Crippen LogP contribution in [0.2, 0.25) is 0 Å². The van der Waals surface area contributed by atoms with E-state index in [1.54, 1.807) is 4.72 Å². The molecule has 0 aliphatic heterocycles. The Kier molecular flexibility index (Phi) is 5.59. The highest BCUT2D eigenvalue weighted by molar-refractivity contribution is 7.92. The van der Waals surface area contributed by atoms with Crippen LogP contribution in [-0.2, 0) is 16.2 Å². The molecule has 1 heterocycles. The number of hydrogen-bond acceptors (Lipinski definition) is 5. The fourth-order valence-electron chi connectivity index (χ4n) is 3.18. The Hall–Kier alpha value is -3.87. The number of benzene rings is 3. The predicted octanol–water partition coefficient (Wildman–Crippen LogP) is 5.12. The molecule has 4 rings (SSSR count). The molecule has 0 saturated heterocycles. The molecule has 4 aromatic rings. The molecule has 6 nitrogen and oxygen atoms in total. The molecule has 0 atom stereocenters. The summed E-state index contributed by atoms with van der Waals surface area (Å²) in [4.78, 5) is 6.67. The zero-order chi connectivity index (χ0) is 24.8. The molecule has 34 heavy (non-hydrogen) atoms. The molecule has 0 fully saturated rings. The monoisotopic (exact) mass is 498 g/mol. The van der Waals surface area contributed by atoms with Gasteiger partial charge in [-0.2, -0.15) is 13.2 Å². The highest BCUT2D eigenvalue weighted by Gasteiger charge is 2.33. The zero-order valence-corrected chi connectivity index (χ0v) is 17.5. The second-order valence-corrected chi connectivity index (χ2v) is 8.75. The minimum Gasteiger partial charge on any atom is -0.368 e. The fourth-order valence-corrected chi connectivity index (χ4v) is 4.30. The van der Waals surface area contributed by atoms with Gasteiger partial charge in [-0.1, -0.05) is 6.07 Å². The lowest BCUT2D eigenvalue weighted by Gasteiger charge is -2.14. The summed E-state index contributed by atoms with van der Waals surface area (Å²) in [6.07, 6.45) is -3.70. The maximum absolute atomic E-state index is 15.2. The first-order valence-corrected chi connectivity index (χ1v) is 10.7. The van der Waals surface area contributed by atoms with E-state index < -0.39 is 55.4 Å². The number of hydrogen-bond donors (Lipinski definition) is 2. The van der Waals surface area contributed by atoms with E-state index in [0.717, 1.165) is 12.1 Å². The van der Waals surface area contributed by atoms with Crippen LogP contribution in [0.4, 0.5) is 38.0 Å². The fraction of sp³-hybridized carbons (Fsp3) is 0.0476. The third-order valence-corrected chi connectivity index (χ3v) is 6.08. The Morgan fingerprint density at radius 1 is 0.941 bits per heavy atom. The maximum atomic E-state index is 15.2. The number of halogens is 6. The number of anilines is 2. The molecule has 0 amide bonds. The molecule has 0 unspecified atom stereocenters. The SMILES string of the molecule is Nc1ncc2cc(-c3c(F)ccc(NS(=O)(=O)c4cc(F)cc(C(F)(F)F)c4)c3F)ccc2n1. The van der Waals surface area contributed by atoms with Crippen molar-refractivity contribution >= 4 is 32.6 Å². The number of nitrogens with zero attached hydrogens (tertiary/aromatic N) is 2. The minimum atomic E-state index is -5.02. The summed E-state index contributed by atoms with van der Waals surface area (Å²) in [7, 11) is -4.88. The molecular weight excluding hydrogens is 486 g/mol. The number of alkyl halides is 3. The number of fused-ring (bicyclic) bond motifs is 1. The van der Waals surface area contributed by atoms with Crippen molar-refractivity contribution in [1.29, 1.82) is 0 Å². The normalized spacial score (nSPS) is 12.2. The number of nitrogen functional groups attached to an aromatic ring is 1. The quantitative estimate of drug-likeness (QED) is 0.381. The predicted molar refractivity (Wildman–Crippen MR) is 112 cm³/mol. The first-order chi connectivity index (χ1) is 15.8. The van der Waals surface area contributed by atoms with E-state index in [9.17, 15) is 30.4 Å². The maximum Gasteiger partial charge on any atom is 0.416 e. The molecule has 0 spiro atoms. The van der Waals surface area contributed by atoms with Crippen LogP contribution in [0.3, 0.4) is 0 Å². The average molecular weight is 498 g/mol. The van der Waals surface area contributed by atoms with Gasteiger partial charge in [0, 0.05) is 11.6 Å². The van der Waals surface area contributed by atoms with Crippen molar-refractivity contribution in [3.63, 3.8) is 0 Å². The lowest BCUT2D eigenvalue weighted by molar-refractivity contribution is -0.137.